The van der Waals surface area contributed by atoms with Gasteiger partial charge in [0.1, 0.15) is 5.75 Å². The van der Waals surface area contributed by atoms with E-state index in [1.54, 1.807) is 7.11 Å². The number of fused-ring (bicyclic) bond motifs is 1. The summed E-state index contributed by atoms with van der Waals surface area (Å²) in [5.41, 5.74) is 2.61. The maximum absolute atomic E-state index is 5.32. The second-order valence-electron chi connectivity index (χ2n) is 5.74. The summed E-state index contributed by atoms with van der Waals surface area (Å²) in [7, 11) is 1.72. The second kappa shape index (κ2) is 6.81. The van der Waals surface area contributed by atoms with Crippen LogP contribution in [0.4, 0.5) is 0 Å². The zero-order valence-corrected chi connectivity index (χ0v) is 12.8. The Kier molecular flexibility index (Phi) is 4.61. The van der Waals surface area contributed by atoms with Crippen LogP contribution in [-0.4, -0.2) is 36.6 Å². The Balaban J connectivity index is 1.54. The van der Waals surface area contributed by atoms with Crippen molar-refractivity contribution in [3.8, 4) is 5.75 Å². The number of H-pyrrole nitrogens is 1. The Labute approximate surface area is 126 Å². The fourth-order valence-corrected chi connectivity index (χ4v) is 3.04. The van der Waals surface area contributed by atoms with Crippen LogP contribution in [-0.2, 0) is 6.42 Å². The van der Waals surface area contributed by atoms with Crippen LogP contribution in [0.3, 0.4) is 0 Å². The predicted molar refractivity (Wildman–Crippen MR) is 88.0 cm³/mol. The average molecular weight is 284 g/mol. The van der Waals surface area contributed by atoms with Crippen LogP contribution >= 0.6 is 0 Å². The van der Waals surface area contributed by atoms with E-state index in [9.17, 15) is 0 Å². The van der Waals surface area contributed by atoms with Crippen molar-refractivity contribution in [3.63, 3.8) is 0 Å². The van der Waals surface area contributed by atoms with Crippen LogP contribution in [0.5, 0.6) is 5.75 Å². The van der Waals surface area contributed by atoms with Crippen molar-refractivity contribution in [2.75, 3.05) is 26.7 Å². The molecule has 112 valence electrons. The molecule has 0 spiro atoms. The Hall–Kier alpha value is -1.74. The minimum atomic E-state index is 0.934. The van der Waals surface area contributed by atoms with Crippen LogP contribution in [0.2, 0.25) is 0 Å². The maximum Gasteiger partial charge on any atom is 0.119 e. The highest BCUT2D eigenvalue weighted by atomic mass is 16.5. The molecule has 0 saturated carbocycles. The third-order valence-electron chi connectivity index (χ3n) is 4.29. The molecule has 3 heteroatoms. The third-order valence-corrected chi connectivity index (χ3v) is 4.29. The summed E-state index contributed by atoms with van der Waals surface area (Å²) in [6.45, 7) is 3.57. The van der Waals surface area contributed by atoms with E-state index in [4.69, 9.17) is 4.74 Å². The lowest BCUT2D eigenvalue weighted by Gasteiger charge is -2.22. The molecule has 1 N–H and O–H groups in total. The predicted octanol–water partition coefficient (Wildman–Crippen LogP) is 3.76. The number of nitrogens with one attached hydrogen (secondary N) is 1. The van der Waals surface area contributed by atoms with E-state index in [1.165, 1.54) is 48.8 Å². The van der Waals surface area contributed by atoms with Crippen LogP contribution in [0.25, 0.3) is 10.9 Å². The molecule has 0 amide bonds. The summed E-state index contributed by atoms with van der Waals surface area (Å²) in [5, 5.41) is 1.30. The Morgan fingerprint density at radius 1 is 1.24 bits per heavy atom. The van der Waals surface area contributed by atoms with Crippen LogP contribution < -0.4 is 4.74 Å². The number of ether oxygens (including phenoxy) is 1. The van der Waals surface area contributed by atoms with Crippen molar-refractivity contribution >= 4 is 10.9 Å². The molecule has 0 aliphatic carbocycles. The number of nitrogens with zero attached hydrogens (tertiary/aromatic N) is 1. The van der Waals surface area contributed by atoms with E-state index in [2.05, 4.69) is 40.4 Å². The molecule has 21 heavy (non-hydrogen) atoms. The van der Waals surface area contributed by atoms with Crippen LogP contribution in [0.1, 0.15) is 24.8 Å². The van der Waals surface area contributed by atoms with Gasteiger partial charge in [-0.3, -0.25) is 4.90 Å². The molecular weight excluding hydrogens is 260 g/mol. The largest absolute Gasteiger partial charge is 0.497 e. The summed E-state index contributed by atoms with van der Waals surface area (Å²) in [5.74, 6) is 0.934. The third kappa shape index (κ3) is 3.48. The van der Waals surface area contributed by atoms with E-state index >= 15 is 0 Å². The van der Waals surface area contributed by atoms with E-state index in [0.29, 0.717) is 0 Å². The monoisotopic (exact) mass is 284 g/mol. The fourth-order valence-electron chi connectivity index (χ4n) is 3.04. The molecule has 1 aliphatic heterocycles. The zero-order valence-electron chi connectivity index (χ0n) is 12.8. The van der Waals surface area contributed by atoms with Gasteiger partial charge < -0.3 is 9.72 Å². The molecule has 0 unspecified atom stereocenters. The minimum absolute atomic E-state index is 0.934. The smallest absolute Gasteiger partial charge is 0.119 e. The molecule has 3 rings (SSSR count). The molecule has 3 nitrogen and oxygen atoms in total. The number of aromatic nitrogens is 1. The highest BCUT2D eigenvalue weighted by Crippen LogP contribution is 2.24. The van der Waals surface area contributed by atoms with Gasteiger partial charge in [-0.2, -0.15) is 0 Å². The quantitative estimate of drug-likeness (QED) is 0.646. The number of aromatic amines is 1. The van der Waals surface area contributed by atoms with Gasteiger partial charge in [-0.25, -0.2) is 0 Å². The maximum atomic E-state index is 5.32. The van der Waals surface area contributed by atoms with Crippen LogP contribution in [0.15, 0.2) is 36.5 Å². The molecule has 1 aromatic heterocycles. The summed E-state index contributed by atoms with van der Waals surface area (Å²) in [6, 6.07) is 6.24. The molecule has 1 aliphatic rings. The lowest BCUT2D eigenvalue weighted by Crippen LogP contribution is -2.28. The van der Waals surface area contributed by atoms with Crippen molar-refractivity contribution in [2.45, 2.75) is 25.7 Å². The number of hydrogen-bond acceptors (Lipinski definition) is 2. The van der Waals surface area contributed by atoms with Gasteiger partial charge >= 0.3 is 0 Å². The highest BCUT2D eigenvalue weighted by molar-refractivity contribution is 5.84. The molecule has 0 bridgehead atoms. The molecule has 2 heterocycles. The van der Waals surface area contributed by atoms with Gasteiger partial charge in [0, 0.05) is 30.2 Å². The molecule has 1 aromatic carbocycles. The lowest BCUT2D eigenvalue weighted by atomic mass is 10.1. The summed E-state index contributed by atoms with van der Waals surface area (Å²) >= 11 is 0. The van der Waals surface area contributed by atoms with Crippen molar-refractivity contribution < 1.29 is 4.74 Å². The second-order valence-corrected chi connectivity index (χ2v) is 5.74. The van der Waals surface area contributed by atoms with Gasteiger partial charge in [-0.05, 0) is 56.0 Å². The number of benzene rings is 1. The molecule has 0 fully saturated rings. The van der Waals surface area contributed by atoms with E-state index in [0.717, 1.165) is 18.7 Å². The van der Waals surface area contributed by atoms with Gasteiger partial charge in [0.2, 0.25) is 0 Å². The van der Waals surface area contributed by atoms with Gasteiger partial charge in [-0.1, -0.05) is 12.2 Å². The van der Waals surface area contributed by atoms with E-state index in [1.807, 2.05) is 6.07 Å². The van der Waals surface area contributed by atoms with E-state index in [-0.39, 0.29) is 0 Å². The first-order valence-corrected chi connectivity index (χ1v) is 7.88. The summed E-state index contributed by atoms with van der Waals surface area (Å²) in [4.78, 5) is 5.89. The molecule has 0 saturated heterocycles. The topological polar surface area (TPSA) is 28.3 Å². The zero-order chi connectivity index (χ0) is 14.5. The standard InChI is InChI=1S/C18H24N2O/c1-21-16-8-9-18-17(13-16)15(14-19-18)7-3-6-12-20-10-4-2-5-11-20/h2,4,8-9,13-14,19H,3,5-7,10-12H2,1H3. The van der Waals surface area contributed by atoms with Crippen molar-refractivity contribution in [1.29, 1.82) is 0 Å². The minimum Gasteiger partial charge on any atom is -0.497 e. The average Bonchev–Trinajstić information content (AvgIpc) is 2.95. The SMILES string of the molecule is COc1ccc2[nH]cc(CCCCN3CC=CCC3)c2c1. The summed E-state index contributed by atoms with van der Waals surface area (Å²) in [6.07, 6.45) is 11.6. The lowest BCUT2D eigenvalue weighted by molar-refractivity contribution is 0.292. The van der Waals surface area contributed by atoms with Crippen molar-refractivity contribution in [2.24, 2.45) is 0 Å². The highest BCUT2D eigenvalue weighted by Gasteiger charge is 2.07. The number of hydrogen-bond donors (Lipinski definition) is 1. The van der Waals surface area contributed by atoms with Gasteiger partial charge in [0.25, 0.3) is 0 Å². The Bertz CT molecular complexity index is 615. The first kappa shape index (κ1) is 14.2. The molecule has 2 aromatic rings. The number of methoxy groups -OCH3 is 1. The van der Waals surface area contributed by atoms with Gasteiger partial charge in [0.15, 0.2) is 0 Å². The number of rotatable bonds is 6. The van der Waals surface area contributed by atoms with Gasteiger partial charge in [-0.15, -0.1) is 0 Å². The number of unbranched alkanes of at least 4 members (excludes halogenated alkanes) is 1. The Morgan fingerprint density at radius 2 is 2.19 bits per heavy atom. The van der Waals surface area contributed by atoms with Crippen molar-refractivity contribution in [1.82, 2.24) is 9.88 Å². The summed E-state index contributed by atoms with van der Waals surface area (Å²) < 4.78 is 5.32. The normalized spacial score (nSPS) is 15.7. The van der Waals surface area contributed by atoms with E-state index < -0.39 is 0 Å². The van der Waals surface area contributed by atoms with Crippen molar-refractivity contribution in [3.05, 3.63) is 42.1 Å². The molecule has 0 atom stereocenters. The molecule has 0 radical (unpaired) electrons. The van der Waals surface area contributed by atoms with Gasteiger partial charge in [0.05, 0.1) is 7.11 Å². The first-order valence-electron chi connectivity index (χ1n) is 7.88. The fraction of sp³-hybridized carbons (Fsp3) is 0.444. The van der Waals surface area contributed by atoms with Crippen LogP contribution in [0, 0.1) is 0 Å². The Morgan fingerprint density at radius 3 is 3.00 bits per heavy atom. The number of aryl methyl sites for hydroxylation is 1. The molecular formula is C18H24N2O. The first-order chi connectivity index (χ1) is 10.4.